The van der Waals surface area contributed by atoms with Gasteiger partial charge in [0, 0.05) is 12.5 Å². The molecule has 0 aromatic rings. The molecule has 0 spiro atoms. The predicted octanol–water partition coefficient (Wildman–Crippen LogP) is 5.67. The van der Waals surface area contributed by atoms with Crippen molar-refractivity contribution in [3.8, 4) is 0 Å². The predicted molar refractivity (Wildman–Crippen MR) is 143 cm³/mol. The minimum absolute atomic E-state index is 0.0474. The van der Waals surface area contributed by atoms with E-state index in [1.807, 2.05) is 19.9 Å². The van der Waals surface area contributed by atoms with Crippen LogP contribution in [0.1, 0.15) is 99.8 Å². The molecule has 0 aromatic carbocycles. The van der Waals surface area contributed by atoms with Crippen molar-refractivity contribution in [2.45, 2.75) is 118 Å². The molecule has 6 nitrogen and oxygen atoms in total. The fourth-order valence-corrected chi connectivity index (χ4v) is 9.79. The Labute approximate surface area is 222 Å². The number of carbonyl (C=O) groups excluding carboxylic acids is 1. The topological polar surface area (TPSA) is 104 Å². The lowest BCUT2D eigenvalue weighted by Gasteiger charge is -2.69. The second kappa shape index (κ2) is 9.82. The van der Waals surface area contributed by atoms with E-state index in [0.717, 1.165) is 36.8 Å². The van der Waals surface area contributed by atoms with Gasteiger partial charge >= 0.3 is 11.9 Å². The van der Waals surface area contributed by atoms with Gasteiger partial charge in [-0.25, -0.2) is 4.79 Å². The van der Waals surface area contributed by atoms with Gasteiger partial charge in [0.1, 0.15) is 6.10 Å². The second-order valence-electron chi connectivity index (χ2n) is 13.6. The van der Waals surface area contributed by atoms with E-state index >= 15 is 0 Å². The summed E-state index contributed by atoms with van der Waals surface area (Å²) < 4.78 is 5.87. The Morgan fingerprint density at radius 3 is 2.30 bits per heavy atom. The molecule has 0 unspecified atom stereocenters. The van der Waals surface area contributed by atoms with Gasteiger partial charge in [0.25, 0.3) is 0 Å². The number of fused-ring (bicyclic) bond motifs is 5. The number of carboxylic acid groups (broad SMARTS) is 1. The fraction of sp³-hybridized carbons (Fsp3) is 0.806. The van der Waals surface area contributed by atoms with Gasteiger partial charge in [-0.1, -0.05) is 39.3 Å². The first-order valence-electron chi connectivity index (χ1n) is 14.3. The summed E-state index contributed by atoms with van der Waals surface area (Å²) in [7, 11) is 0. The van der Waals surface area contributed by atoms with Crippen molar-refractivity contribution in [2.75, 3.05) is 0 Å². The first-order chi connectivity index (χ1) is 17.2. The van der Waals surface area contributed by atoms with Crippen LogP contribution < -0.4 is 0 Å². The third kappa shape index (κ3) is 4.40. The maximum Gasteiger partial charge on any atom is 0.331 e. The van der Waals surface area contributed by atoms with E-state index in [1.54, 1.807) is 0 Å². The molecule has 0 aromatic heterocycles. The maximum atomic E-state index is 12.6. The van der Waals surface area contributed by atoms with Crippen LogP contribution in [0.3, 0.4) is 0 Å². The number of esters is 1. The number of allylic oxidation sites excluding steroid dienone is 2. The van der Waals surface area contributed by atoms with Crippen molar-refractivity contribution in [1.29, 1.82) is 0 Å². The first kappa shape index (κ1) is 28.4. The summed E-state index contributed by atoms with van der Waals surface area (Å²) in [6.07, 6.45) is 6.22. The molecule has 208 valence electrons. The lowest BCUT2D eigenvalue weighted by atomic mass is 9.36. The second-order valence-corrected chi connectivity index (χ2v) is 13.6. The van der Waals surface area contributed by atoms with Crippen LogP contribution in [-0.4, -0.2) is 45.6 Å². The molecule has 0 heterocycles. The maximum absolute atomic E-state index is 12.6. The average molecular weight is 517 g/mol. The Bertz CT molecular complexity index is 994. The molecule has 0 bridgehead atoms. The van der Waals surface area contributed by atoms with Gasteiger partial charge in [-0.05, 0) is 111 Å². The fourth-order valence-electron chi connectivity index (χ4n) is 9.79. The lowest BCUT2D eigenvalue weighted by molar-refractivity contribution is -0.234. The lowest BCUT2D eigenvalue weighted by Crippen LogP contribution is -2.65. The van der Waals surface area contributed by atoms with Crippen LogP contribution in [0.5, 0.6) is 0 Å². The van der Waals surface area contributed by atoms with Crippen molar-refractivity contribution in [3.63, 3.8) is 0 Å². The summed E-state index contributed by atoms with van der Waals surface area (Å²) in [6, 6.07) is 0. The minimum Gasteiger partial charge on any atom is -0.478 e. The van der Waals surface area contributed by atoms with E-state index in [1.165, 1.54) is 6.92 Å². The van der Waals surface area contributed by atoms with Crippen LogP contribution in [0.25, 0.3) is 0 Å². The van der Waals surface area contributed by atoms with E-state index in [2.05, 4.69) is 27.7 Å². The number of aliphatic carboxylic acids is 1. The van der Waals surface area contributed by atoms with Crippen molar-refractivity contribution >= 4 is 11.9 Å². The van der Waals surface area contributed by atoms with E-state index in [-0.39, 0.29) is 40.1 Å². The van der Waals surface area contributed by atoms with Gasteiger partial charge in [-0.15, -0.1) is 0 Å². The molecule has 0 amide bonds. The Morgan fingerprint density at radius 2 is 1.70 bits per heavy atom. The molecule has 0 saturated heterocycles. The van der Waals surface area contributed by atoms with Crippen LogP contribution in [0, 0.1) is 39.9 Å². The molecular formula is C31H48O6. The molecule has 4 aliphatic carbocycles. The molecule has 4 rings (SSSR count). The number of rotatable bonds is 5. The molecule has 4 saturated carbocycles. The van der Waals surface area contributed by atoms with E-state index in [4.69, 9.17) is 4.74 Å². The molecule has 4 fully saturated rings. The smallest absolute Gasteiger partial charge is 0.331 e. The van der Waals surface area contributed by atoms with Gasteiger partial charge < -0.3 is 20.1 Å². The summed E-state index contributed by atoms with van der Waals surface area (Å²) in [4.78, 5) is 24.8. The Hall–Kier alpha value is -1.66. The number of aliphatic hydroxyl groups excluding tert-OH is 2. The highest BCUT2D eigenvalue weighted by atomic mass is 16.5. The van der Waals surface area contributed by atoms with Gasteiger partial charge in [0.15, 0.2) is 0 Å². The highest BCUT2D eigenvalue weighted by Gasteiger charge is 2.70. The summed E-state index contributed by atoms with van der Waals surface area (Å²) in [5.74, 6) is -0.909. The Morgan fingerprint density at radius 1 is 1.03 bits per heavy atom. The molecule has 37 heavy (non-hydrogen) atoms. The average Bonchev–Trinajstić information content (AvgIpc) is 3.05. The van der Waals surface area contributed by atoms with Crippen LogP contribution in [0.2, 0.25) is 0 Å². The van der Waals surface area contributed by atoms with E-state index in [0.29, 0.717) is 37.2 Å². The number of carbonyl (C=O) groups is 2. The number of hydrogen-bond acceptors (Lipinski definition) is 5. The van der Waals surface area contributed by atoms with Gasteiger partial charge in [0.2, 0.25) is 0 Å². The third-order valence-electron chi connectivity index (χ3n) is 11.6. The van der Waals surface area contributed by atoms with Crippen molar-refractivity contribution in [1.82, 2.24) is 0 Å². The zero-order valence-electron chi connectivity index (χ0n) is 23.8. The van der Waals surface area contributed by atoms with Gasteiger partial charge in [0.05, 0.1) is 12.2 Å². The Kier molecular flexibility index (Phi) is 7.53. The zero-order chi connectivity index (χ0) is 27.5. The number of ether oxygens (including phenoxy) is 1. The van der Waals surface area contributed by atoms with E-state index < -0.39 is 24.1 Å². The third-order valence-corrected chi connectivity index (χ3v) is 11.6. The molecule has 10 atom stereocenters. The molecule has 4 aliphatic rings. The molecule has 6 heteroatoms. The molecule has 0 aliphatic heterocycles. The quantitative estimate of drug-likeness (QED) is 0.247. The normalized spacial score (nSPS) is 46.2. The molecule has 0 radical (unpaired) electrons. The minimum atomic E-state index is -0.953. The van der Waals surface area contributed by atoms with Crippen molar-refractivity contribution in [3.05, 3.63) is 22.8 Å². The largest absolute Gasteiger partial charge is 0.478 e. The summed E-state index contributed by atoms with van der Waals surface area (Å²) in [6.45, 7) is 14.5. The summed E-state index contributed by atoms with van der Waals surface area (Å²) >= 11 is 0. The Balaban J connectivity index is 1.82. The highest BCUT2D eigenvalue weighted by Crippen LogP contribution is 2.74. The van der Waals surface area contributed by atoms with Crippen molar-refractivity contribution in [2.24, 2.45) is 39.9 Å². The monoisotopic (exact) mass is 516 g/mol. The van der Waals surface area contributed by atoms with Crippen LogP contribution in [0.15, 0.2) is 22.8 Å². The van der Waals surface area contributed by atoms with Gasteiger partial charge in [-0.2, -0.15) is 0 Å². The summed E-state index contributed by atoms with van der Waals surface area (Å²) in [5.41, 5.74) is 1.57. The molecular weight excluding hydrogens is 468 g/mol. The van der Waals surface area contributed by atoms with E-state index in [9.17, 15) is 24.9 Å². The van der Waals surface area contributed by atoms with Crippen LogP contribution >= 0.6 is 0 Å². The SMILES string of the molecule is CC(=O)O[C@H]1C[C@@]2(C)[C@@H](C[C@@H](O)[C@@H]3[C@@]4(C)CC[C@@H](O)[C@@H](C)[C@@H]4CC[C@@]32C)/C1=C(\CCC=C(C)C)C(=O)O. The van der Waals surface area contributed by atoms with Crippen molar-refractivity contribution < 1.29 is 29.6 Å². The van der Waals surface area contributed by atoms with Crippen LogP contribution in [-0.2, 0) is 14.3 Å². The summed E-state index contributed by atoms with van der Waals surface area (Å²) in [5, 5.41) is 32.9. The highest BCUT2D eigenvalue weighted by molar-refractivity contribution is 5.88. The molecule has 3 N–H and O–H groups in total. The number of carboxylic acids is 1. The standard InChI is InChI=1S/C31H48O6/c1-17(2)9-8-10-20(28(35)36)26-22-15-24(34)27-29(5)13-12-23(33)18(3)21(29)11-14-30(27,6)31(22,7)16-25(26)37-19(4)32/h9,18,21-25,27,33-34H,8,10-16H2,1-7H3,(H,35,36)/b26-20-/t18-,21-,22-,23+,24+,25-,27+,29-,30-,31-/m0/s1. The first-order valence-corrected chi connectivity index (χ1v) is 14.3. The van der Waals surface area contributed by atoms with Crippen LogP contribution in [0.4, 0.5) is 0 Å². The zero-order valence-corrected chi connectivity index (χ0v) is 23.8. The number of aliphatic hydroxyl groups is 2. The van der Waals surface area contributed by atoms with Gasteiger partial charge in [-0.3, -0.25) is 4.79 Å². The number of hydrogen-bond donors (Lipinski definition) is 3.